The van der Waals surface area contributed by atoms with Gasteiger partial charge in [-0.2, -0.15) is 0 Å². The number of benzene rings is 1. The first-order chi connectivity index (χ1) is 6.84. The first-order valence-electron chi connectivity index (χ1n) is 5.18. The van der Waals surface area contributed by atoms with Crippen molar-refractivity contribution in [2.45, 2.75) is 30.9 Å². The molecular weight excluding hydrogens is 240 g/mol. The topological polar surface area (TPSA) is 9.23 Å². The monoisotopic (exact) mass is 252 g/mol. The maximum absolute atomic E-state index is 5.41. The van der Waals surface area contributed by atoms with Gasteiger partial charge in [-0.15, -0.1) is 0 Å². The third-order valence-electron chi connectivity index (χ3n) is 3.10. The van der Waals surface area contributed by atoms with E-state index in [1.165, 1.54) is 29.5 Å². The predicted molar refractivity (Wildman–Crippen MR) is 59.3 cm³/mol. The average molecular weight is 253 g/mol. The van der Waals surface area contributed by atoms with Gasteiger partial charge in [-0.3, -0.25) is 0 Å². The van der Waals surface area contributed by atoms with Gasteiger partial charge in [-0.25, -0.2) is 0 Å². The molecule has 1 unspecified atom stereocenters. The van der Waals surface area contributed by atoms with Crippen molar-refractivity contribution < 1.29 is 4.74 Å². The highest BCUT2D eigenvalue weighted by Crippen LogP contribution is 2.46. The molecule has 0 saturated heterocycles. The van der Waals surface area contributed by atoms with Crippen molar-refractivity contribution in [3.63, 3.8) is 0 Å². The number of hydrogen-bond donors (Lipinski definition) is 0. The maximum Gasteiger partial charge on any atom is 0.0725 e. The number of alkyl halides is 1. The summed E-state index contributed by atoms with van der Waals surface area (Å²) in [6, 6.07) is 6.76. The lowest BCUT2D eigenvalue weighted by atomic mass is 10.0. The van der Waals surface area contributed by atoms with Crippen LogP contribution in [-0.2, 0) is 18.0 Å². The second-order valence-electron chi connectivity index (χ2n) is 4.26. The molecule has 0 amide bonds. The van der Waals surface area contributed by atoms with E-state index in [0.717, 1.165) is 19.1 Å². The zero-order valence-corrected chi connectivity index (χ0v) is 9.59. The van der Waals surface area contributed by atoms with E-state index in [1.54, 1.807) is 0 Å². The summed E-state index contributed by atoms with van der Waals surface area (Å²) in [4.78, 5) is 0.563. The third-order valence-corrected chi connectivity index (χ3v) is 4.38. The van der Waals surface area contributed by atoms with Gasteiger partial charge in [-0.05, 0) is 35.4 Å². The van der Waals surface area contributed by atoms with Gasteiger partial charge in [0.05, 0.1) is 13.2 Å². The lowest BCUT2D eigenvalue weighted by Gasteiger charge is -2.09. The molecule has 1 atom stereocenters. The molecule has 14 heavy (non-hydrogen) atoms. The summed E-state index contributed by atoms with van der Waals surface area (Å²) in [6.45, 7) is 1.60. The quantitative estimate of drug-likeness (QED) is 0.732. The Morgan fingerprint density at radius 3 is 2.79 bits per heavy atom. The summed E-state index contributed by atoms with van der Waals surface area (Å²) < 4.78 is 5.41. The van der Waals surface area contributed by atoms with Crippen molar-refractivity contribution in [3.8, 4) is 0 Å². The smallest absolute Gasteiger partial charge is 0.0725 e. The van der Waals surface area contributed by atoms with E-state index in [0.29, 0.717) is 4.83 Å². The Balaban J connectivity index is 1.91. The second kappa shape index (κ2) is 3.35. The molecule has 3 rings (SSSR count). The number of ether oxygens (including phenoxy) is 1. The van der Waals surface area contributed by atoms with E-state index in [1.807, 2.05) is 0 Å². The summed E-state index contributed by atoms with van der Waals surface area (Å²) in [6.07, 6.45) is 2.76. The van der Waals surface area contributed by atoms with Gasteiger partial charge in [0.1, 0.15) is 0 Å². The zero-order valence-electron chi connectivity index (χ0n) is 8.00. The Labute approximate surface area is 92.6 Å². The van der Waals surface area contributed by atoms with E-state index in [-0.39, 0.29) is 0 Å². The Bertz CT molecular complexity index is 357. The summed E-state index contributed by atoms with van der Waals surface area (Å²) >= 11 is 3.78. The summed E-state index contributed by atoms with van der Waals surface area (Å²) in [5.41, 5.74) is 4.17. The molecule has 0 bridgehead atoms. The van der Waals surface area contributed by atoms with Crippen LogP contribution in [0.4, 0.5) is 0 Å². The Kier molecular flexibility index (Phi) is 2.14. The summed E-state index contributed by atoms with van der Waals surface area (Å²) in [7, 11) is 0. The molecule has 2 heteroatoms. The highest BCUT2D eigenvalue weighted by molar-refractivity contribution is 9.09. The van der Waals surface area contributed by atoms with Gasteiger partial charge < -0.3 is 4.74 Å². The van der Waals surface area contributed by atoms with E-state index >= 15 is 0 Å². The van der Waals surface area contributed by atoms with Crippen LogP contribution >= 0.6 is 15.9 Å². The molecule has 1 aromatic rings. The first kappa shape index (κ1) is 8.93. The molecular formula is C12H13BrO. The first-order valence-corrected chi connectivity index (χ1v) is 6.09. The molecule has 1 aromatic carbocycles. The minimum atomic E-state index is 0.563. The normalized spacial score (nSPS) is 22.1. The molecule has 0 aromatic heterocycles. The molecule has 74 valence electrons. The second-order valence-corrected chi connectivity index (χ2v) is 5.25. The van der Waals surface area contributed by atoms with Crippen molar-refractivity contribution >= 4 is 15.9 Å². The fourth-order valence-electron chi connectivity index (χ4n) is 2.02. The number of rotatable bonds is 2. The highest BCUT2D eigenvalue weighted by atomic mass is 79.9. The lowest BCUT2D eigenvalue weighted by molar-refractivity contribution is 0.134. The van der Waals surface area contributed by atoms with Crippen LogP contribution in [0.3, 0.4) is 0 Å². The standard InChI is InChI=1S/C12H13BrO/c13-12(8-1-2-8)9-3-4-10-6-14-7-11(10)5-9/h3-5,8,12H,1-2,6-7H2. The number of halogens is 1. The zero-order chi connectivity index (χ0) is 9.54. The SMILES string of the molecule is BrC(c1ccc2c(c1)COC2)C1CC1. The van der Waals surface area contributed by atoms with Crippen LogP contribution in [0.15, 0.2) is 18.2 Å². The van der Waals surface area contributed by atoms with Gasteiger partial charge in [0, 0.05) is 4.83 Å². The number of fused-ring (bicyclic) bond motifs is 1. The molecule has 1 aliphatic heterocycles. The molecule has 1 heterocycles. The molecule has 0 N–H and O–H groups in total. The van der Waals surface area contributed by atoms with Crippen LogP contribution in [-0.4, -0.2) is 0 Å². The van der Waals surface area contributed by atoms with Crippen LogP contribution < -0.4 is 0 Å². The van der Waals surface area contributed by atoms with Crippen LogP contribution in [0, 0.1) is 5.92 Å². The largest absolute Gasteiger partial charge is 0.372 e. The van der Waals surface area contributed by atoms with Gasteiger partial charge in [-0.1, -0.05) is 34.1 Å². The van der Waals surface area contributed by atoms with Gasteiger partial charge in [0.2, 0.25) is 0 Å². The predicted octanol–water partition coefficient (Wildman–Crippen LogP) is 3.56. The molecule has 1 aliphatic carbocycles. The number of hydrogen-bond acceptors (Lipinski definition) is 1. The van der Waals surface area contributed by atoms with E-state index in [2.05, 4.69) is 34.1 Å². The summed E-state index contributed by atoms with van der Waals surface area (Å²) in [5.74, 6) is 0.871. The Morgan fingerprint density at radius 2 is 2.00 bits per heavy atom. The van der Waals surface area contributed by atoms with Crippen molar-refractivity contribution in [3.05, 3.63) is 34.9 Å². The average Bonchev–Trinajstić information content (AvgIpc) is 2.95. The molecule has 0 radical (unpaired) electrons. The van der Waals surface area contributed by atoms with E-state index < -0.39 is 0 Å². The highest BCUT2D eigenvalue weighted by Gasteiger charge is 2.30. The molecule has 1 saturated carbocycles. The Hall–Kier alpha value is -0.340. The van der Waals surface area contributed by atoms with Crippen molar-refractivity contribution in [2.24, 2.45) is 5.92 Å². The third kappa shape index (κ3) is 1.51. The fraction of sp³-hybridized carbons (Fsp3) is 0.500. The van der Waals surface area contributed by atoms with Gasteiger partial charge in [0.25, 0.3) is 0 Å². The van der Waals surface area contributed by atoms with Crippen molar-refractivity contribution in [2.75, 3.05) is 0 Å². The van der Waals surface area contributed by atoms with Crippen molar-refractivity contribution in [1.82, 2.24) is 0 Å². The van der Waals surface area contributed by atoms with E-state index in [9.17, 15) is 0 Å². The summed E-state index contributed by atoms with van der Waals surface area (Å²) in [5, 5.41) is 0. The van der Waals surface area contributed by atoms with Crippen molar-refractivity contribution in [1.29, 1.82) is 0 Å². The van der Waals surface area contributed by atoms with Crippen LogP contribution in [0.1, 0.15) is 34.4 Å². The molecule has 1 nitrogen and oxygen atoms in total. The van der Waals surface area contributed by atoms with Gasteiger partial charge >= 0.3 is 0 Å². The minimum Gasteiger partial charge on any atom is -0.372 e. The Morgan fingerprint density at radius 1 is 1.21 bits per heavy atom. The van der Waals surface area contributed by atoms with Crippen LogP contribution in [0.25, 0.3) is 0 Å². The van der Waals surface area contributed by atoms with E-state index in [4.69, 9.17) is 4.74 Å². The van der Waals surface area contributed by atoms with Gasteiger partial charge in [0.15, 0.2) is 0 Å². The van der Waals surface area contributed by atoms with Crippen LogP contribution in [0.5, 0.6) is 0 Å². The molecule has 1 fully saturated rings. The van der Waals surface area contributed by atoms with Crippen LogP contribution in [0.2, 0.25) is 0 Å². The molecule has 2 aliphatic rings. The minimum absolute atomic E-state index is 0.563. The lowest BCUT2D eigenvalue weighted by Crippen LogP contribution is -1.94. The molecule has 0 spiro atoms. The maximum atomic E-state index is 5.41. The fourth-order valence-corrected chi connectivity index (χ4v) is 2.84.